The molecule has 0 aromatic heterocycles. The largest absolute Gasteiger partial charge is 0.456 e. The molecule has 3 rings (SSSR count). The van der Waals surface area contributed by atoms with Crippen molar-refractivity contribution in [1.82, 2.24) is 0 Å². The van der Waals surface area contributed by atoms with E-state index in [-0.39, 0.29) is 26.1 Å². The van der Waals surface area contributed by atoms with Crippen molar-refractivity contribution >= 4 is 49.4 Å². The average Bonchev–Trinajstić information content (AvgIpc) is 3.02. The van der Waals surface area contributed by atoms with Crippen LogP contribution in [-0.2, 0) is 9.59 Å². The van der Waals surface area contributed by atoms with Crippen molar-refractivity contribution in [3.63, 3.8) is 0 Å². The Morgan fingerprint density at radius 3 is 1.81 bits per heavy atom. The summed E-state index contributed by atoms with van der Waals surface area (Å²) in [5, 5.41) is 0. The zero-order valence-corrected chi connectivity index (χ0v) is 18.1. The normalized spacial score (nSPS) is 15.5. The number of ether oxygens (including phenoxy) is 1. The van der Waals surface area contributed by atoms with Crippen molar-refractivity contribution in [2.75, 3.05) is 4.90 Å². The predicted molar refractivity (Wildman–Crippen MR) is 105 cm³/mol. The van der Waals surface area contributed by atoms with Crippen LogP contribution in [0.1, 0.15) is 11.7 Å². The fraction of sp³-hybridized carbons (Fsp3) is 0.158. The molecular formula is C19H9Br2F6NO3. The fourth-order valence-electron chi connectivity index (χ4n) is 2.61. The van der Waals surface area contributed by atoms with Crippen molar-refractivity contribution in [1.29, 1.82) is 0 Å². The van der Waals surface area contributed by atoms with Gasteiger partial charge >= 0.3 is 12.1 Å². The second-order valence-electron chi connectivity index (χ2n) is 6.24. The van der Waals surface area contributed by atoms with E-state index in [1.807, 2.05) is 0 Å². The van der Waals surface area contributed by atoms with Gasteiger partial charge in [-0.1, -0.05) is 0 Å². The summed E-state index contributed by atoms with van der Waals surface area (Å²) < 4.78 is 83.3. The highest BCUT2D eigenvalue weighted by Crippen LogP contribution is 2.49. The molecule has 2 amide bonds. The van der Waals surface area contributed by atoms with Gasteiger partial charge in [0.15, 0.2) is 11.9 Å². The molecule has 0 saturated carbocycles. The molecule has 1 aliphatic rings. The molecule has 0 N–H and O–H groups in total. The zero-order chi connectivity index (χ0) is 23.1. The highest BCUT2D eigenvalue weighted by molar-refractivity contribution is 9.11. The van der Waals surface area contributed by atoms with E-state index < -0.39 is 35.6 Å². The number of carbonyl (C=O) groups excluding carboxylic acids is 2. The molecule has 0 bridgehead atoms. The maximum absolute atomic E-state index is 14.0. The Kier molecular flexibility index (Phi) is 6.25. The summed E-state index contributed by atoms with van der Waals surface area (Å²) in [5.74, 6) is -6.45. The Morgan fingerprint density at radius 2 is 1.35 bits per heavy atom. The number of imide groups is 1. The Morgan fingerprint density at radius 1 is 0.871 bits per heavy atom. The molecule has 2 aromatic rings. The number of hydrogen-bond acceptors (Lipinski definition) is 3. The van der Waals surface area contributed by atoms with E-state index in [1.54, 1.807) is 0 Å². The first-order chi connectivity index (χ1) is 14.3. The average molecular weight is 573 g/mol. The molecule has 4 nitrogen and oxygen atoms in total. The van der Waals surface area contributed by atoms with Crippen LogP contribution in [0.15, 0.2) is 57.5 Å². The molecule has 0 aliphatic carbocycles. The van der Waals surface area contributed by atoms with Crippen molar-refractivity contribution < 1.29 is 40.7 Å². The summed E-state index contributed by atoms with van der Waals surface area (Å²) in [4.78, 5) is 24.3. The third-order valence-corrected chi connectivity index (χ3v) is 5.31. The Labute approximate surface area is 187 Å². The fourth-order valence-corrected chi connectivity index (χ4v) is 4.00. The number of nitrogens with zero attached hydrogens (tertiary/aromatic N) is 1. The van der Waals surface area contributed by atoms with Crippen LogP contribution in [0.2, 0.25) is 0 Å². The summed E-state index contributed by atoms with van der Waals surface area (Å²) in [6.07, 6.45) is -7.46. The van der Waals surface area contributed by atoms with Gasteiger partial charge in [-0.15, -0.1) is 0 Å². The third-order valence-electron chi connectivity index (χ3n) is 4.13. The van der Waals surface area contributed by atoms with Crippen LogP contribution < -0.4 is 9.64 Å². The lowest BCUT2D eigenvalue weighted by Gasteiger charge is -2.24. The van der Waals surface area contributed by atoms with Crippen molar-refractivity contribution in [2.45, 2.75) is 18.3 Å². The van der Waals surface area contributed by atoms with Gasteiger partial charge in [0.1, 0.15) is 5.75 Å². The van der Waals surface area contributed by atoms with E-state index in [0.29, 0.717) is 0 Å². The van der Waals surface area contributed by atoms with Crippen molar-refractivity contribution in [2.24, 2.45) is 0 Å². The van der Waals surface area contributed by atoms with Crippen molar-refractivity contribution in [3.05, 3.63) is 63.1 Å². The molecule has 0 radical (unpaired) electrons. The molecular weight excluding hydrogens is 564 g/mol. The van der Waals surface area contributed by atoms with Crippen LogP contribution in [0.4, 0.5) is 32.0 Å². The summed E-state index contributed by atoms with van der Waals surface area (Å²) in [7, 11) is 0. The lowest BCUT2D eigenvalue weighted by molar-refractivity contribution is -0.305. The van der Waals surface area contributed by atoms with Gasteiger partial charge in [-0.2, -0.15) is 22.0 Å². The standard InChI is InChI=1S/C19H9Br2F6NO3/c20-12-7-9(17(22)18(23,24)19(25,26)27)8-13(21)16(12)31-11-3-1-10(2-4-11)28-14(29)5-6-15(28)30/h1-8,17H. The van der Waals surface area contributed by atoms with Gasteiger partial charge in [-0.05, 0) is 73.8 Å². The van der Waals surface area contributed by atoms with Gasteiger partial charge in [0, 0.05) is 12.2 Å². The van der Waals surface area contributed by atoms with Crippen molar-refractivity contribution in [3.8, 4) is 11.5 Å². The highest BCUT2D eigenvalue weighted by Gasteiger charge is 2.63. The van der Waals surface area contributed by atoms with Crippen LogP contribution in [0.3, 0.4) is 0 Å². The van der Waals surface area contributed by atoms with Gasteiger partial charge in [0.2, 0.25) is 0 Å². The van der Waals surface area contributed by atoms with Gasteiger partial charge in [0.05, 0.1) is 14.6 Å². The van der Waals surface area contributed by atoms with Gasteiger partial charge < -0.3 is 4.74 Å². The first kappa shape index (κ1) is 23.3. The molecule has 1 aliphatic heterocycles. The number of anilines is 1. The minimum atomic E-state index is -6.06. The molecule has 0 saturated heterocycles. The SMILES string of the molecule is O=C1C=CC(=O)N1c1ccc(Oc2c(Br)cc(C(F)C(F)(F)C(F)(F)F)cc2Br)cc1. The first-order valence-corrected chi connectivity index (χ1v) is 9.83. The summed E-state index contributed by atoms with van der Waals surface area (Å²) in [6, 6.07) is 7.14. The first-order valence-electron chi connectivity index (χ1n) is 8.24. The number of benzene rings is 2. The van der Waals surface area contributed by atoms with E-state index in [1.165, 1.54) is 24.3 Å². The molecule has 164 valence electrons. The second-order valence-corrected chi connectivity index (χ2v) is 7.95. The lowest BCUT2D eigenvalue weighted by atomic mass is 10.0. The molecule has 12 heteroatoms. The highest BCUT2D eigenvalue weighted by atomic mass is 79.9. The number of carbonyl (C=O) groups is 2. The van der Waals surface area contributed by atoms with E-state index >= 15 is 0 Å². The Bertz CT molecular complexity index is 1030. The van der Waals surface area contributed by atoms with Gasteiger partial charge in [0.25, 0.3) is 11.8 Å². The summed E-state index contributed by atoms with van der Waals surface area (Å²) >= 11 is 5.94. The summed E-state index contributed by atoms with van der Waals surface area (Å²) in [5.41, 5.74) is -0.641. The van der Waals surface area contributed by atoms with Crippen LogP contribution in [-0.4, -0.2) is 23.9 Å². The Hall–Kier alpha value is -2.34. The molecule has 2 aromatic carbocycles. The molecule has 1 heterocycles. The maximum atomic E-state index is 14.0. The smallest absolute Gasteiger partial charge is 0.455 e. The number of hydrogen-bond donors (Lipinski definition) is 0. The number of alkyl halides is 6. The van der Waals surface area contributed by atoms with Crippen LogP contribution in [0.25, 0.3) is 0 Å². The molecule has 0 spiro atoms. The van der Waals surface area contributed by atoms with Crippen LogP contribution >= 0.6 is 31.9 Å². The zero-order valence-electron chi connectivity index (χ0n) is 14.9. The maximum Gasteiger partial charge on any atom is 0.456 e. The molecule has 1 atom stereocenters. The minimum absolute atomic E-state index is 0.0194. The monoisotopic (exact) mass is 571 g/mol. The van der Waals surface area contributed by atoms with E-state index in [9.17, 15) is 35.9 Å². The molecule has 0 fully saturated rings. The second kappa shape index (κ2) is 8.30. The summed E-state index contributed by atoms with van der Waals surface area (Å²) in [6.45, 7) is 0. The van der Waals surface area contributed by atoms with Crippen LogP contribution in [0.5, 0.6) is 11.5 Å². The molecule has 1 unspecified atom stereocenters. The number of rotatable bonds is 5. The number of amides is 2. The van der Waals surface area contributed by atoms with E-state index in [0.717, 1.165) is 29.2 Å². The lowest BCUT2D eigenvalue weighted by Crippen LogP contribution is -2.40. The van der Waals surface area contributed by atoms with Gasteiger partial charge in [-0.3, -0.25) is 9.59 Å². The van der Waals surface area contributed by atoms with Gasteiger partial charge in [-0.25, -0.2) is 9.29 Å². The predicted octanol–water partition coefficient (Wildman–Crippen LogP) is 6.64. The number of halogens is 8. The Balaban J connectivity index is 1.83. The molecule has 31 heavy (non-hydrogen) atoms. The third kappa shape index (κ3) is 4.49. The van der Waals surface area contributed by atoms with E-state index in [2.05, 4.69) is 31.9 Å². The topological polar surface area (TPSA) is 46.6 Å². The van der Waals surface area contributed by atoms with E-state index in [4.69, 9.17) is 4.74 Å². The quantitative estimate of drug-likeness (QED) is 0.298. The van der Waals surface area contributed by atoms with Crippen LogP contribution in [0, 0.1) is 0 Å². The minimum Gasteiger partial charge on any atom is -0.455 e.